The largest absolute Gasteiger partial charge is 0.395 e. The van der Waals surface area contributed by atoms with Crippen LogP contribution in [0.25, 0.3) is 33.7 Å². The number of fused-ring (bicyclic) bond motifs is 2. The Bertz CT molecular complexity index is 3330. The minimum absolute atomic E-state index is 0.0168. The fourth-order valence-corrected chi connectivity index (χ4v) is 12.6. The van der Waals surface area contributed by atoms with E-state index in [-0.39, 0.29) is 43.2 Å². The van der Waals surface area contributed by atoms with Crippen molar-refractivity contribution in [2.45, 2.75) is 103 Å². The molecule has 8 aromatic rings. The molecule has 4 aliphatic rings. The Balaban J connectivity index is 0.852. The second-order valence-corrected chi connectivity index (χ2v) is 24.0. The molecule has 2 unspecified atom stereocenters. The number of hydrogen-bond donors (Lipinski definition) is 6. The Morgan fingerprint density at radius 1 is 0.547 bits per heavy atom. The zero-order chi connectivity index (χ0) is 59.4. The number of nitrogens with one attached hydrogen (secondary N) is 2. The molecule has 8 N–H and O–H groups in total. The number of imidazole rings is 2. The molecule has 0 saturated carbocycles. The Morgan fingerprint density at radius 3 is 1.33 bits per heavy atom. The summed E-state index contributed by atoms with van der Waals surface area (Å²) in [4.78, 5) is 59.6. The molecule has 0 bridgehead atoms. The maximum absolute atomic E-state index is 16.3. The molecule has 86 heavy (non-hydrogen) atoms. The molecule has 4 aliphatic heterocycles. The number of piperidine rings is 2. The summed E-state index contributed by atoms with van der Waals surface area (Å²) < 4.78 is 7.94. The van der Waals surface area contributed by atoms with E-state index in [9.17, 15) is 10.2 Å². The van der Waals surface area contributed by atoms with Gasteiger partial charge < -0.3 is 51.2 Å². The first-order chi connectivity index (χ1) is 41.9. The summed E-state index contributed by atoms with van der Waals surface area (Å²) in [6.45, 7) is 18.9. The van der Waals surface area contributed by atoms with Gasteiger partial charge in [-0.25, -0.2) is 19.3 Å². The van der Waals surface area contributed by atoms with E-state index >= 15 is 4.79 Å². The fraction of sp³-hybridized carbons (Fsp3) is 0.525. The van der Waals surface area contributed by atoms with Crippen LogP contribution in [0.1, 0.15) is 100 Å². The first-order valence-electron chi connectivity index (χ1n) is 30.8. The Kier molecular flexibility index (Phi) is 18.0. The van der Waals surface area contributed by atoms with Crippen molar-refractivity contribution < 1.29 is 15.0 Å². The first-order valence-corrected chi connectivity index (χ1v) is 30.8. The van der Waals surface area contributed by atoms with Crippen LogP contribution in [0.5, 0.6) is 0 Å². The molecule has 4 fully saturated rings. The number of aromatic nitrogens is 12. The van der Waals surface area contributed by atoms with Gasteiger partial charge in [-0.1, -0.05) is 36.4 Å². The molecule has 12 rings (SSSR count). The van der Waals surface area contributed by atoms with Crippen LogP contribution in [0.15, 0.2) is 85.7 Å². The van der Waals surface area contributed by atoms with Gasteiger partial charge in [0.2, 0.25) is 11.9 Å². The lowest BCUT2D eigenvalue weighted by Crippen LogP contribution is -2.54. The highest BCUT2D eigenvalue weighted by atomic mass is 16.3. The van der Waals surface area contributed by atoms with E-state index < -0.39 is 12.1 Å². The number of rotatable bonds is 22. The maximum atomic E-state index is 16.3. The summed E-state index contributed by atoms with van der Waals surface area (Å²) in [5, 5.41) is 37.9. The number of Topliss-reactive ketones (excluding diaryl/α,β-unsaturated/α-hetero) is 1. The summed E-state index contributed by atoms with van der Waals surface area (Å²) in [6, 6.07) is 19.5. The molecule has 6 aromatic heterocycles. The number of hydrogen-bond acceptors (Lipinski definition) is 21. The Labute approximate surface area is 502 Å². The Morgan fingerprint density at radius 2 is 0.942 bits per heavy atom. The number of aliphatic hydroxyl groups is 2. The lowest BCUT2D eigenvalue weighted by Gasteiger charge is -2.42. The van der Waals surface area contributed by atoms with Gasteiger partial charge in [0.25, 0.3) is 0 Å². The second-order valence-electron chi connectivity index (χ2n) is 24.0. The molecule has 25 nitrogen and oxygen atoms in total. The number of carbonyl (C=O) groups is 1. The zero-order valence-electron chi connectivity index (χ0n) is 50.1. The van der Waals surface area contributed by atoms with Gasteiger partial charge in [0.15, 0.2) is 39.7 Å². The van der Waals surface area contributed by atoms with Gasteiger partial charge in [0.05, 0.1) is 48.6 Å². The number of nitrogens with two attached hydrogens (primary N) is 2. The van der Waals surface area contributed by atoms with Crippen molar-refractivity contribution in [2.24, 2.45) is 11.5 Å². The van der Waals surface area contributed by atoms with Crippen LogP contribution in [-0.2, 0) is 17.9 Å². The topological polar surface area (TPSA) is 276 Å². The predicted octanol–water partition coefficient (Wildman–Crippen LogP) is 4.15. The summed E-state index contributed by atoms with van der Waals surface area (Å²) in [6.07, 6.45) is 11.1. The molecular weight excluding hydrogens is 1090 g/mol. The molecule has 0 spiro atoms. The normalized spacial score (nSPS) is 18.3. The number of β-amino-alcohol motifs (C(OH)–C–C–N with tert-alkyl or cyclic N) is 2. The van der Waals surface area contributed by atoms with Crippen molar-refractivity contribution in [3.05, 3.63) is 108 Å². The molecule has 4 saturated heterocycles. The molecule has 2 aromatic carbocycles. The van der Waals surface area contributed by atoms with E-state index in [1.807, 2.05) is 70.8 Å². The van der Waals surface area contributed by atoms with Crippen molar-refractivity contribution in [1.29, 1.82) is 0 Å². The third kappa shape index (κ3) is 12.5. The van der Waals surface area contributed by atoms with Crippen LogP contribution in [0, 0.1) is 0 Å². The van der Waals surface area contributed by atoms with Crippen molar-refractivity contribution in [3.8, 4) is 11.4 Å². The minimum Gasteiger partial charge on any atom is -0.395 e. The van der Waals surface area contributed by atoms with Crippen LogP contribution in [0.2, 0.25) is 0 Å². The molecule has 0 radical (unpaired) electrons. The molecule has 10 heterocycles. The standard InChI is InChI=1S/C61H84N22O3/c1-41(2)80-39-66-51-56(68-60(70-58(51)80)78-19-13-45(62)14-20-78)64-37-43-9-5-7-11-49(43)82-23-17-47(72-82)53(76-29-25-74(26-30-76)33-35-84)55(86)54(77-31-27-75(28-32-77)34-36-85)48-18-24-83(73-48)50-12-8-6-10-44(50)38-65-57-52-59(81(40-67-52)42(3)4)71-61(69-57)79-21-15-46(63)16-22-79/h5-12,17-18,23-24,39-42,45-46,53-54,84-85H,13-16,19-22,25-38,62-63H2,1-4H3,(H,64,68,70)(H,65,69,71). The highest BCUT2D eigenvalue weighted by molar-refractivity contribution is 5.91. The molecule has 456 valence electrons. The van der Waals surface area contributed by atoms with Crippen molar-refractivity contribution in [2.75, 3.05) is 125 Å². The van der Waals surface area contributed by atoms with E-state index in [4.69, 9.17) is 51.6 Å². The lowest BCUT2D eigenvalue weighted by atomic mass is 9.95. The predicted molar refractivity (Wildman–Crippen MR) is 333 cm³/mol. The molecule has 0 aliphatic carbocycles. The monoisotopic (exact) mass is 1170 g/mol. The number of nitrogens with zero attached hydrogens (tertiary/aromatic N) is 18. The van der Waals surface area contributed by atoms with Gasteiger partial charge in [0.1, 0.15) is 12.1 Å². The van der Waals surface area contributed by atoms with Gasteiger partial charge in [0, 0.05) is 141 Å². The highest BCUT2D eigenvalue weighted by Gasteiger charge is 2.41. The van der Waals surface area contributed by atoms with Crippen molar-refractivity contribution in [3.63, 3.8) is 0 Å². The third-order valence-electron chi connectivity index (χ3n) is 17.6. The Hall–Kier alpha value is -7.49. The SMILES string of the molecule is CC(C)n1cnc2c(NCc3ccccc3-n3ccc(C(C(=O)C(c4ccn(-c5ccccc5CNc5nc(N6CCC(N)CC6)nc6c5ncn6C(C)C)n4)N4CCN(CCO)CC4)N4CCN(CCO)CC4)n3)nc(N3CCC(N)CC3)nc21. The number of aliphatic hydroxyl groups excluding tert-OH is 2. The summed E-state index contributed by atoms with van der Waals surface area (Å²) >= 11 is 0. The van der Waals surface area contributed by atoms with Gasteiger partial charge in [-0.2, -0.15) is 30.1 Å². The number of carbonyl (C=O) groups excluding carboxylic acids is 1. The van der Waals surface area contributed by atoms with Gasteiger partial charge in [-0.3, -0.25) is 24.4 Å². The maximum Gasteiger partial charge on any atom is 0.229 e. The van der Waals surface area contributed by atoms with Crippen LogP contribution >= 0.6 is 0 Å². The number of anilines is 4. The van der Waals surface area contributed by atoms with Crippen LogP contribution in [0.3, 0.4) is 0 Å². The van der Waals surface area contributed by atoms with E-state index in [1.165, 1.54) is 0 Å². The van der Waals surface area contributed by atoms with E-state index in [0.717, 1.165) is 85.7 Å². The van der Waals surface area contributed by atoms with Gasteiger partial charge in [-0.15, -0.1) is 0 Å². The first kappa shape index (κ1) is 58.9. The number of piperazine rings is 2. The van der Waals surface area contributed by atoms with E-state index in [2.05, 4.69) is 101 Å². The number of benzene rings is 2. The average Bonchev–Trinajstić information content (AvgIpc) is 4.52. The quantitative estimate of drug-likeness (QED) is 0.0556. The van der Waals surface area contributed by atoms with E-state index in [0.29, 0.717) is 124 Å². The van der Waals surface area contributed by atoms with Crippen LogP contribution < -0.4 is 31.9 Å². The summed E-state index contributed by atoms with van der Waals surface area (Å²) in [7, 11) is 0. The van der Waals surface area contributed by atoms with Crippen molar-refractivity contribution in [1.82, 2.24) is 78.2 Å². The van der Waals surface area contributed by atoms with Crippen molar-refractivity contribution >= 4 is 51.6 Å². The van der Waals surface area contributed by atoms with Gasteiger partial charge in [-0.05, 0) is 88.8 Å². The average molecular weight is 1170 g/mol. The highest BCUT2D eigenvalue weighted by Crippen LogP contribution is 2.35. The lowest BCUT2D eigenvalue weighted by molar-refractivity contribution is -0.132. The zero-order valence-corrected chi connectivity index (χ0v) is 50.1. The number of ketones is 1. The molecule has 2 atom stereocenters. The summed E-state index contributed by atoms with van der Waals surface area (Å²) in [5.41, 5.74) is 20.5. The fourth-order valence-electron chi connectivity index (χ4n) is 12.6. The third-order valence-corrected chi connectivity index (χ3v) is 17.6. The molecule has 0 amide bonds. The van der Waals surface area contributed by atoms with E-state index in [1.54, 1.807) is 0 Å². The van der Waals surface area contributed by atoms with Crippen LogP contribution in [0.4, 0.5) is 23.5 Å². The smallest absolute Gasteiger partial charge is 0.229 e. The van der Waals surface area contributed by atoms with Gasteiger partial charge >= 0.3 is 0 Å². The molecule has 25 heteroatoms. The summed E-state index contributed by atoms with van der Waals surface area (Å²) in [5.74, 6) is 2.60. The second kappa shape index (κ2) is 26.2. The number of para-hydroxylation sites is 2. The molecular formula is C61H84N22O3. The minimum atomic E-state index is -0.733. The van der Waals surface area contributed by atoms with Crippen LogP contribution in [-0.4, -0.2) is 211 Å².